The van der Waals surface area contributed by atoms with Crippen molar-refractivity contribution in [1.29, 1.82) is 0 Å². The molecule has 0 saturated heterocycles. The van der Waals surface area contributed by atoms with Gasteiger partial charge in [0, 0.05) is 21.6 Å². The summed E-state index contributed by atoms with van der Waals surface area (Å²) in [4.78, 5) is 14.2. The average Bonchev–Trinajstić information content (AvgIpc) is 2.72. The molecule has 0 fully saturated rings. The maximum Gasteiger partial charge on any atom is 0.162 e. The second-order valence-corrected chi connectivity index (χ2v) is 7.89. The number of halogens is 1. The van der Waals surface area contributed by atoms with Gasteiger partial charge in [-0.05, 0) is 41.8 Å². The molecule has 0 spiro atoms. The van der Waals surface area contributed by atoms with Gasteiger partial charge in [0.15, 0.2) is 5.82 Å². The molecular weight excluding hydrogens is 412 g/mol. The highest BCUT2D eigenvalue weighted by molar-refractivity contribution is 9.10. The minimum Gasteiger partial charge on any atom is -0.364 e. The van der Waals surface area contributed by atoms with Crippen LogP contribution in [0.15, 0.2) is 71.3 Å². The predicted octanol–water partition coefficient (Wildman–Crippen LogP) is 6.19. The Morgan fingerprint density at radius 3 is 2.57 bits per heavy atom. The first kappa shape index (κ1) is 18.6. The maximum absolute atomic E-state index is 4.90. The largest absolute Gasteiger partial charge is 0.364 e. The van der Waals surface area contributed by atoms with Gasteiger partial charge in [0.05, 0.1) is 17.8 Å². The Hall–Kier alpha value is -2.79. The van der Waals surface area contributed by atoms with Crippen LogP contribution in [0.4, 0.5) is 5.82 Å². The van der Waals surface area contributed by atoms with Crippen molar-refractivity contribution in [3.05, 3.63) is 82.6 Å². The normalized spacial score (nSPS) is 11.1. The second-order valence-electron chi connectivity index (χ2n) is 6.97. The van der Waals surface area contributed by atoms with E-state index in [0.717, 1.165) is 38.3 Å². The lowest BCUT2D eigenvalue weighted by Crippen LogP contribution is -2.06. The highest BCUT2D eigenvalue weighted by atomic mass is 79.9. The van der Waals surface area contributed by atoms with Crippen LogP contribution in [-0.2, 0) is 6.54 Å². The van der Waals surface area contributed by atoms with Crippen LogP contribution in [0.3, 0.4) is 0 Å². The SMILES string of the molecule is CC(C)c1ccccc1-c1nc(NCc2ccccn2)c2cc(Br)ccc2n1. The molecule has 2 aromatic carbocycles. The molecule has 4 rings (SSSR count). The van der Waals surface area contributed by atoms with Gasteiger partial charge < -0.3 is 5.32 Å². The molecule has 0 aliphatic rings. The molecule has 0 amide bonds. The Morgan fingerprint density at radius 2 is 1.79 bits per heavy atom. The van der Waals surface area contributed by atoms with Crippen LogP contribution in [0.1, 0.15) is 31.0 Å². The number of benzene rings is 2. The molecule has 2 aromatic heterocycles. The van der Waals surface area contributed by atoms with Crippen molar-refractivity contribution in [3.63, 3.8) is 0 Å². The molecule has 0 unspecified atom stereocenters. The molecule has 0 aliphatic carbocycles. The number of hydrogen-bond acceptors (Lipinski definition) is 4. The van der Waals surface area contributed by atoms with Crippen LogP contribution >= 0.6 is 15.9 Å². The number of pyridine rings is 1. The fourth-order valence-electron chi connectivity index (χ4n) is 3.24. The number of fused-ring (bicyclic) bond motifs is 1. The number of nitrogens with one attached hydrogen (secondary N) is 1. The van der Waals surface area contributed by atoms with Crippen molar-refractivity contribution >= 4 is 32.7 Å². The Morgan fingerprint density at radius 1 is 0.964 bits per heavy atom. The van der Waals surface area contributed by atoms with Gasteiger partial charge in [0.1, 0.15) is 5.82 Å². The van der Waals surface area contributed by atoms with E-state index in [4.69, 9.17) is 9.97 Å². The zero-order valence-corrected chi connectivity index (χ0v) is 17.4. The topological polar surface area (TPSA) is 50.7 Å². The van der Waals surface area contributed by atoms with Crippen LogP contribution < -0.4 is 5.32 Å². The summed E-state index contributed by atoms with van der Waals surface area (Å²) in [6.45, 7) is 4.99. The van der Waals surface area contributed by atoms with E-state index in [0.29, 0.717) is 12.5 Å². The molecule has 0 saturated carbocycles. The fourth-order valence-corrected chi connectivity index (χ4v) is 3.60. The van der Waals surface area contributed by atoms with E-state index in [1.807, 2.05) is 42.5 Å². The van der Waals surface area contributed by atoms with Crippen molar-refractivity contribution in [1.82, 2.24) is 15.0 Å². The molecule has 0 bridgehead atoms. The molecule has 1 N–H and O–H groups in total. The molecule has 140 valence electrons. The van der Waals surface area contributed by atoms with Crippen molar-refractivity contribution in [2.45, 2.75) is 26.3 Å². The number of nitrogens with zero attached hydrogens (tertiary/aromatic N) is 3. The van der Waals surface area contributed by atoms with Gasteiger partial charge in [-0.3, -0.25) is 4.98 Å². The van der Waals surface area contributed by atoms with E-state index in [-0.39, 0.29) is 0 Å². The molecular formula is C23H21BrN4. The molecule has 0 radical (unpaired) electrons. The Labute approximate surface area is 173 Å². The Balaban J connectivity index is 1.82. The van der Waals surface area contributed by atoms with Crippen molar-refractivity contribution < 1.29 is 0 Å². The fraction of sp³-hybridized carbons (Fsp3) is 0.174. The van der Waals surface area contributed by atoms with Gasteiger partial charge in [-0.15, -0.1) is 0 Å². The first-order chi connectivity index (χ1) is 13.6. The monoisotopic (exact) mass is 432 g/mol. The summed E-state index contributed by atoms with van der Waals surface area (Å²) in [6, 6.07) is 20.3. The van der Waals surface area contributed by atoms with Crippen LogP contribution in [0.5, 0.6) is 0 Å². The van der Waals surface area contributed by atoms with E-state index in [9.17, 15) is 0 Å². The maximum atomic E-state index is 4.90. The number of rotatable bonds is 5. The van der Waals surface area contributed by atoms with Crippen LogP contribution in [-0.4, -0.2) is 15.0 Å². The van der Waals surface area contributed by atoms with Crippen LogP contribution in [0.25, 0.3) is 22.3 Å². The summed E-state index contributed by atoms with van der Waals surface area (Å²) in [6.07, 6.45) is 1.80. The first-order valence-corrected chi connectivity index (χ1v) is 10.1. The third kappa shape index (κ3) is 3.90. The minimum atomic E-state index is 0.394. The highest BCUT2D eigenvalue weighted by Crippen LogP contribution is 2.31. The molecule has 0 atom stereocenters. The van der Waals surface area contributed by atoms with Crippen molar-refractivity contribution in [3.8, 4) is 11.4 Å². The average molecular weight is 433 g/mol. The summed E-state index contributed by atoms with van der Waals surface area (Å²) < 4.78 is 1.000. The van der Waals surface area contributed by atoms with Crippen LogP contribution in [0, 0.1) is 0 Å². The zero-order valence-electron chi connectivity index (χ0n) is 15.9. The summed E-state index contributed by atoms with van der Waals surface area (Å²) in [7, 11) is 0. The van der Waals surface area contributed by atoms with E-state index in [1.165, 1.54) is 5.56 Å². The molecule has 4 aromatic rings. The second kappa shape index (κ2) is 8.07. The van der Waals surface area contributed by atoms with Gasteiger partial charge in [0.2, 0.25) is 0 Å². The smallest absolute Gasteiger partial charge is 0.162 e. The summed E-state index contributed by atoms with van der Waals surface area (Å²) in [5, 5.41) is 4.44. The Bertz CT molecular complexity index is 1110. The molecule has 5 heteroatoms. The third-order valence-corrected chi connectivity index (χ3v) is 5.14. The summed E-state index contributed by atoms with van der Waals surface area (Å²) >= 11 is 3.56. The highest BCUT2D eigenvalue weighted by Gasteiger charge is 2.14. The van der Waals surface area contributed by atoms with Gasteiger partial charge in [-0.2, -0.15) is 0 Å². The zero-order chi connectivity index (χ0) is 19.5. The Kier molecular flexibility index (Phi) is 5.35. The lowest BCUT2D eigenvalue weighted by molar-refractivity contribution is 0.866. The lowest BCUT2D eigenvalue weighted by Gasteiger charge is -2.15. The standard InChI is InChI=1S/C23H21BrN4/c1-15(2)18-8-3-4-9-19(18)23-27-21-11-10-16(24)13-20(21)22(28-23)26-14-17-7-5-6-12-25-17/h3-13,15H,14H2,1-2H3,(H,26,27,28). The van der Waals surface area contributed by atoms with E-state index < -0.39 is 0 Å². The van der Waals surface area contributed by atoms with Gasteiger partial charge in [-0.1, -0.05) is 60.1 Å². The number of anilines is 1. The van der Waals surface area contributed by atoms with E-state index in [1.54, 1.807) is 6.20 Å². The van der Waals surface area contributed by atoms with E-state index >= 15 is 0 Å². The molecule has 4 nitrogen and oxygen atoms in total. The third-order valence-electron chi connectivity index (χ3n) is 4.64. The van der Waals surface area contributed by atoms with Gasteiger partial charge >= 0.3 is 0 Å². The molecule has 28 heavy (non-hydrogen) atoms. The van der Waals surface area contributed by atoms with Gasteiger partial charge in [0.25, 0.3) is 0 Å². The van der Waals surface area contributed by atoms with E-state index in [2.05, 4.69) is 58.3 Å². The lowest BCUT2D eigenvalue weighted by atomic mass is 9.97. The molecule has 0 aliphatic heterocycles. The van der Waals surface area contributed by atoms with Gasteiger partial charge in [-0.25, -0.2) is 9.97 Å². The quantitative estimate of drug-likeness (QED) is 0.408. The minimum absolute atomic E-state index is 0.394. The number of hydrogen-bond donors (Lipinski definition) is 1. The van der Waals surface area contributed by atoms with Crippen molar-refractivity contribution in [2.75, 3.05) is 5.32 Å². The summed E-state index contributed by atoms with van der Waals surface area (Å²) in [5.41, 5.74) is 4.20. The van der Waals surface area contributed by atoms with Crippen LogP contribution in [0.2, 0.25) is 0 Å². The number of aromatic nitrogens is 3. The first-order valence-electron chi connectivity index (χ1n) is 9.32. The van der Waals surface area contributed by atoms with Crippen molar-refractivity contribution in [2.24, 2.45) is 0 Å². The summed E-state index contributed by atoms with van der Waals surface area (Å²) in [5.74, 6) is 1.94. The molecule has 2 heterocycles. The predicted molar refractivity (Wildman–Crippen MR) is 118 cm³/mol.